The van der Waals surface area contributed by atoms with E-state index >= 15 is 0 Å². The molecule has 0 atom stereocenters. The van der Waals surface area contributed by atoms with Gasteiger partial charge in [0.1, 0.15) is 4.90 Å². The fourth-order valence-corrected chi connectivity index (χ4v) is 2.18. The van der Waals surface area contributed by atoms with E-state index in [9.17, 15) is 8.42 Å². The molecule has 1 aromatic carbocycles. The number of hydrogen-bond acceptors (Lipinski definition) is 3. The summed E-state index contributed by atoms with van der Waals surface area (Å²) in [5.74, 6) is 0. The van der Waals surface area contributed by atoms with Gasteiger partial charge in [-0.15, -0.1) is 0 Å². The molecule has 6 heteroatoms. The van der Waals surface area contributed by atoms with Crippen LogP contribution in [-0.4, -0.2) is 18.6 Å². The van der Waals surface area contributed by atoms with Gasteiger partial charge in [-0.25, -0.2) is 8.42 Å². The largest absolute Gasteiger partial charge is 0.276 e. The Hall–Kier alpha value is -1.07. The van der Waals surface area contributed by atoms with E-state index in [1.54, 1.807) is 18.3 Å². The number of nitrogens with zero attached hydrogens (tertiary/aromatic N) is 1. The molecule has 0 radical (unpaired) electrons. The third kappa shape index (κ3) is 1.40. The summed E-state index contributed by atoms with van der Waals surface area (Å²) >= 11 is 0. The molecule has 1 heterocycles. The molecule has 0 aliphatic rings. The Balaban J connectivity index is 2.91. The lowest BCUT2D eigenvalue weighted by atomic mass is 10.3. The number of aromatic amines is 1. The highest BCUT2D eigenvalue weighted by Gasteiger charge is 2.14. The van der Waals surface area contributed by atoms with Crippen molar-refractivity contribution in [3.05, 3.63) is 24.4 Å². The highest BCUT2D eigenvalue weighted by atomic mass is 35.7. The van der Waals surface area contributed by atoms with Crippen LogP contribution in [0.15, 0.2) is 29.3 Å². The molecule has 0 saturated heterocycles. The zero-order valence-corrected chi connectivity index (χ0v) is 7.93. The Morgan fingerprint density at radius 3 is 2.85 bits per heavy atom. The van der Waals surface area contributed by atoms with E-state index in [1.165, 1.54) is 6.07 Å². The zero-order chi connectivity index (χ0) is 9.47. The van der Waals surface area contributed by atoms with Crippen molar-refractivity contribution in [3.63, 3.8) is 0 Å². The number of fused-ring (bicyclic) bond motifs is 1. The lowest BCUT2D eigenvalue weighted by molar-refractivity contribution is 0.610. The lowest BCUT2D eigenvalue weighted by Gasteiger charge is -1.96. The Labute approximate surface area is 78.9 Å². The molecule has 0 saturated carbocycles. The summed E-state index contributed by atoms with van der Waals surface area (Å²) < 4.78 is 22.1. The second kappa shape index (κ2) is 2.71. The smallest absolute Gasteiger partial charge is 0.263 e. The van der Waals surface area contributed by atoms with Crippen molar-refractivity contribution < 1.29 is 8.42 Å². The molecule has 13 heavy (non-hydrogen) atoms. The van der Waals surface area contributed by atoms with Gasteiger partial charge in [0.25, 0.3) is 9.05 Å². The van der Waals surface area contributed by atoms with Gasteiger partial charge in [-0.05, 0) is 6.07 Å². The van der Waals surface area contributed by atoms with Gasteiger partial charge < -0.3 is 0 Å². The average molecular weight is 217 g/mol. The van der Waals surface area contributed by atoms with Crippen molar-refractivity contribution in [1.29, 1.82) is 0 Å². The summed E-state index contributed by atoms with van der Waals surface area (Å²) in [6.45, 7) is 0. The number of hydrogen-bond donors (Lipinski definition) is 1. The maximum absolute atomic E-state index is 11.1. The average Bonchev–Trinajstić information content (AvgIpc) is 2.48. The maximum Gasteiger partial charge on any atom is 0.263 e. The summed E-state index contributed by atoms with van der Waals surface area (Å²) in [5.41, 5.74) is 0.442. The molecule has 0 amide bonds. The second-order valence-corrected chi connectivity index (χ2v) is 5.06. The molecule has 0 unspecified atom stereocenters. The van der Waals surface area contributed by atoms with Gasteiger partial charge >= 0.3 is 0 Å². The number of halogens is 1. The quantitative estimate of drug-likeness (QED) is 0.735. The molecule has 1 N–H and O–H groups in total. The number of H-pyrrole nitrogens is 1. The van der Waals surface area contributed by atoms with Crippen LogP contribution in [0.25, 0.3) is 10.9 Å². The molecule has 2 rings (SSSR count). The van der Waals surface area contributed by atoms with Crippen LogP contribution in [0.3, 0.4) is 0 Å². The summed E-state index contributed by atoms with van der Waals surface area (Å²) in [5, 5.41) is 7.03. The number of aromatic nitrogens is 2. The number of rotatable bonds is 1. The third-order valence-electron chi connectivity index (χ3n) is 1.70. The fourth-order valence-electron chi connectivity index (χ4n) is 1.14. The molecular weight excluding hydrogens is 212 g/mol. The van der Waals surface area contributed by atoms with Crippen LogP contribution in [0.5, 0.6) is 0 Å². The summed E-state index contributed by atoms with van der Waals surface area (Å²) in [6, 6.07) is 4.81. The van der Waals surface area contributed by atoms with E-state index in [0.717, 1.165) is 5.39 Å². The normalized spacial score (nSPS) is 12.1. The van der Waals surface area contributed by atoms with Gasteiger partial charge in [-0.2, -0.15) is 5.10 Å². The third-order valence-corrected chi connectivity index (χ3v) is 3.07. The van der Waals surface area contributed by atoms with Crippen molar-refractivity contribution >= 4 is 30.6 Å². The van der Waals surface area contributed by atoms with Crippen LogP contribution in [-0.2, 0) is 9.05 Å². The first kappa shape index (κ1) is 8.52. The van der Waals surface area contributed by atoms with Crippen molar-refractivity contribution in [2.45, 2.75) is 4.90 Å². The Morgan fingerprint density at radius 1 is 1.38 bits per heavy atom. The minimum absolute atomic E-state index is 0.0594. The van der Waals surface area contributed by atoms with Gasteiger partial charge in [0, 0.05) is 16.1 Å². The van der Waals surface area contributed by atoms with E-state index in [2.05, 4.69) is 10.2 Å². The van der Waals surface area contributed by atoms with Crippen molar-refractivity contribution in [2.75, 3.05) is 0 Å². The monoisotopic (exact) mass is 216 g/mol. The molecule has 0 bridgehead atoms. The molecule has 4 nitrogen and oxygen atoms in total. The fraction of sp³-hybridized carbons (Fsp3) is 0. The Bertz CT molecular complexity index is 546. The predicted octanol–water partition coefficient (Wildman–Crippen LogP) is 1.49. The van der Waals surface area contributed by atoms with Gasteiger partial charge in [0.15, 0.2) is 0 Å². The zero-order valence-electron chi connectivity index (χ0n) is 6.36. The van der Waals surface area contributed by atoms with Crippen LogP contribution in [0.1, 0.15) is 0 Å². The topological polar surface area (TPSA) is 62.8 Å². The van der Waals surface area contributed by atoms with E-state index in [-0.39, 0.29) is 4.90 Å². The number of nitrogens with one attached hydrogen (secondary N) is 1. The second-order valence-electron chi connectivity index (χ2n) is 2.53. The molecule has 0 spiro atoms. The van der Waals surface area contributed by atoms with Crippen LogP contribution >= 0.6 is 10.7 Å². The van der Waals surface area contributed by atoms with Crippen LogP contribution < -0.4 is 0 Å². The van der Waals surface area contributed by atoms with Crippen LogP contribution in [0, 0.1) is 0 Å². The first-order chi connectivity index (χ1) is 6.09. The van der Waals surface area contributed by atoms with Crippen LogP contribution in [0.2, 0.25) is 0 Å². The lowest BCUT2D eigenvalue weighted by Crippen LogP contribution is -1.91. The highest BCUT2D eigenvalue weighted by Crippen LogP contribution is 2.23. The standard InChI is InChI=1S/C7H5ClN2O2S/c8-13(11,12)6-3-1-2-5-4-9-10-7(5)6/h1-4H,(H,9,10). The van der Waals surface area contributed by atoms with Crippen molar-refractivity contribution in [2.24, 2.45) is 0 Å². The molecule has 0 aliphatic carbocycles. The minimum atomic E-state index is -3.70. The van der Waals surface area contributed by atoms with Crippen LogP contribution in [0.4, 0.5) is 0 Å². The van der Waals surface area contributed by atoms with Gasteiger partial charge in [0.2, 0.25) is 0 Å². The van der Waals surface area contributed by atoms with E-state index in [0.29, 0.717) is 5.52 Å². The van der Waals surface area contributed by atoms with Gasteiger partial charge in [-0.3, -0.25) is 5.10 Å². The van der Waals surface area contributed by atoms with E-state index in [1.807, 2.05) is 0 Å². The summed E-state index contributed by atoms with van der Waals surface area (Å²) in [7, 11) is 1.52. The van der Waals surface area contributed by atoms with Gasteiger partial charge in [-0.1, -0.05) is 12.1 Å². The Kier molecular flexibility index (Phi) is 1.78. The molecule has 0 fully saturated rings. The van der Waals surface area contributed by atoms with Crippen molar-refractivity contribution in [3.8, 4) is 0 Å². The first-order valence-corrected chi connectivity index (χ1v) is 5.77. The number of para-hydroxylation sites is 1. The molecule has 1 aromatic heterocycles. The predicted molar refractivity (Wildman–Crippen MR) is 49.1 cm³/mol. The van der Waals surface area contributed by atoms with E-state index in [4.69, 9.17) is 10.7 Å². The molecule has 0 aliphatic heterocycles. The molecule has 2 aromatic rings. The molecule has 68 valence electrons. The van der Waals surface area contributed by atoms with Crippen molar-refractivity contribution in [1.82, 2.24) is 10.2 Å². The minimum Gasteiger partial charge on any atom is -0.276 e. The summed E-state index contributed by atoms with van der Waals surface area (Å²) in [4.78, 5) is 0.0594. The van der Waals surface area contributed by atoms with Gasteiger partial charge in [0.05, 0.1) is 11.7 Å². The molecular formula is C7H5ClN2O2S. The maximum atomic E-state index is 11.1. The van der Waals surface area contributed by atoms with E-state index < -0.39 is 9.05 Å². The summed E-state index contributed by atoms with van der Waals surface area (Å²) in [6.07, 6.45) is 1.54. The SMILES string of the molecule is O=S(=O)(Cl)c1cccc2cn[nH]c12. The Morgan fingerprint density at radius 2 is 2.15 bits per heavy atom. The highest BCUT2D eigenvalue weighted by molar-refractivity contribution is 8.14. The first-order valence-electron chi connectivity index (χ1n) is 3.46. The number of benzene rings is 1.